The predicted molar refractivity (Wildman–Crippen MR) is 81.2 cm³/mol. The Balaban J connectivity index is 1.79. The molecule has 1 aromatic carbocycles. The normalized spacial score (nSPS) is 14.3. The summed E-state index contributed by atoms with van der Waals surface area (Å²) < 4.78 is 0. The number of carbonyl (C=O) groups excluding carboxylic acids is 1. The van der Waals surface area contributed by atoms with Crippen molar-refractivity contribution in [1.29, 1.82) is 0 Å². The molecule has 1 aliphatic rings. The minimum Gasteiger partial charge on any atom is -0.395 e. The molecule has 0 saturated heterocycles. The number of aliphatic hydroxyl groups excluding tert-OH is 1. The topological polar surface area (TPSA) is 40.5 Å². The minimum atomic E-state index is 0.0367. The van der Waals surface area contributed by atoms with Gasteiger partial charge in [-0.3, -0.25) is 4.79 Å². The van der Waals surface area contributed by atoms with E-state index in [1.165, 1.54) is 0 Å². The molecule has 1 N–H and O–H groups in total. The van der Waals surface area contributed by atoms with Crippen molar-refractivity contribution in [3.05, 3.63) is 33.8 Å². The second-order valence-corrected chi connectivity index (χ2v) is 5.96. The summed E-state index contributed by atoms with van der Waals surface area (Å²) >= 11 is 11.8. The first-order chi connectivity index (χ1) is 9.61. The van der Waals surface area contributed by atoms with E-state index in [2.05, 4.69) is 0 Å². The molecule has 0 spiro atoms. The van der Waals surface area contributed by atoms with Crippen LogP contribution in [0.25, 0.3) is 0 Å². The first-order valence-corrected chi connectivity index (χ1v) is 7.71. The molecule has 1 aromatic rings. The van der Waals surface area contributed by atoms with Crippen molar-refractivity contribution >= 4 is 29.1 Å². The third-order valence-corrected chi connectivity index (χ3v) is 4.23. The summed E-state index contributed by atoms with van der Waals surface area (Å²) in [6.07, 6.45) is 4.24. The van der Waals surface area contributed by atoms with Gasteiger partial charge >= 0.3 is 0 Å². The highest BCUT2D eigenvalue weighted by Crippen LogP contribution is 2.27. The Morgan fingerprint density at radius 3 is 2.65 bits per heavy atom. The van der Waals surface area contributed by atoms with E-state index in [0.29, 0.717) is 29.1 Å². The van der Waals surface area contributed by atoms with E-state index in [1.807, 2.05) is 17.0 Å². The van der Waals surface area contributed by atoms with Crippen LogP contribution in [0.2, 0.25) is 10.0 Å². The number of nitrogens with zero attached hydrogens (tertiary/aromatic N) is 1. The Labute approximate surface area is 129 Å². The van der Waals surface area contributed by atoms with E-state index in [4.69, 9.17) is 28.3 Å². The van der Waals surface area contributed by atoms with Crippen LogP contribution in [0.1, 0.15) is 31.2 Å². The molecule has 0 radical (unpaired) electrons. The summed E-state index contributed by atoms with van der Waals surface area (Å²) in [5.41, 5.74) is 1.09. The molecule has 0 aliphatic heterocycles. The highest BCUT2D eigenvalue weighted by atomic mass is 35.5. The zero-order valence-corrected chi connectivity index (χ0v) is 12.8. The maximum atomic E-state index is 12.1. The summed E-state index contributed by atoms with van der Waals surface area (Å²) in [4.78, 5) is 13.9. The molecular weight excluding hydrogens is 297 g/mol. The number of aryl methyl sites for hydroxylation is 1. The Morgan fingerprint density at radius 2 is 2.05 bits per heavy atom. The van der Waals surface area contributed by atoms with Crippen molar-refractivity contribution in [2.24, 2.45) is 0 Å². The van der Waals surface area contributed by atoms with Crippen molar-refractivity contribution in [3.63, 3.8) is 0 Å². The fourth-order valence-corrected chi connectivity index (χ4v) is 2.61. The van der Waals surface area contributed by atoms with Crippen LogP contribution in [-0.4, -0.2) is 35.1 Å². The number of amides is 1. The van der Waals surface area contributed by atoms with Gasteiger partial charge in [-0.25, -0.2) is 0 Å². The zero-order valence-electron chi connectivity index (χ0n) is 11.3. The van der Waals surface area contributed by atoms with Gasteiger partial charge in [0.2, 0.25) is 5.91 Å². The van der Waals surface area contributed by atoms with Crippen LogP contribution >= 0.6 is 23.2 Å². The molecule has 0 unspecified atom stereocenters. The van der Waals surface area contributed by atoms with E-state index in [0.717, 1.165) is 31.2 Å². The Hall–Kier alpha value is -0.770. The number of rotatable bonds is 7. The van der Waals surface area contributed by atoms with Crippen molar-refractivity contribution in [1.82, 2.24) is 4.90 Å². The van der Waals surface area contributed by atoms with Crippen LogP contribution in [0, 0.1) is 0 Å². The molecule has 1 amide bonds. The van der Waals surface area contributed by atoms with Crippen LogP contribution in [0.4, 0.5) is 0 Å². The average molecular weight is 316 g/mol. The molecule has 0 atom stereocenters. The zero-order chi connectivity index (χ0) is 14.5. The van der Waals surface area contributed by atoms with E-state index >= 15 is 0 Å². The monoisotopic (exact) mass is 315 g/mol. The molecule has 0 aromatic heterocycles. The van der Waals surface area contributed by atoms with Crippen LogP contribution < -0.4 is 0 Å². The van der Waals surface area contributed by atoms with Crippen molar-refractivity contribution in [3.8, 4) is 0 Å². The second-order valence-electron chi connectivity index (χ2n) is 5.14. The van der Waals surface area contributed by atoms with Gasteiger partial charge in [0.25, 0.3) is 0 Å². The van der Waals surface area contributed by atoms with Crippen molar-refractivity contribution in [2.75, 3.05) is 13.2 Å². The third-order valence-electron chi connectivity index (χ3n) is 3.49. The Bertz CT molecular complexity index is 475. The lowest BCUT2D eigenvalue weighted by Gasteiger charge is -2.21. The Morgan fingerprint density at radius 1 is 1.30 bits per heavy atom. The number of aliphatic hydroxyl groups is 1. The van der Waals surface area contributed by atoms with Gasteiger partial charge in [0.1, 0.15) is 0 Å². The van der Waals surface area contributed by atoms with E-state index < -0.39 is 0 Å². The van der Waals surface area contributed by atoms with E-state index in [9.17, 15) is 4.79 Å². The highest BCUT2D eigenvalue weighted by molar-refractivity contribution is 6.42. The molecule has 20 heavy (non-hydrogen) atoms. The fraction of sp³-hybridized carbons (Fsp3) is 0.533. The quantitative estimate of drug-likeness (QED) is 0.838. The summed E-state index contributed by atoms with van der Waals surface area (Å²) in [6.45, 7) is 0.491. The molecule has 1 fully saturated rings. The van der Waals surface area contributed by atoms with Crippen LogP contribution in [0.15, 0.2) is 18.2 Å². The first kappa shape index (κ1) is 15.6. The lowest BCUT2D eigenvalue weighted by Crippen LogP contribution is -2.35. The fourth-order valence-electron chi connectivity index (χ4n) is 2.29. The molecule has 1 saturated carbocycles. The van der Waals surface area contributed by atoms with Gasteiger partial charge in [0.15, 0.2) is 0 Å². The van der Waals surface area contributed by atoms with Crippen LogP contribution in [0.5, 0.6) is 0 Å². The second kappa shape index (κ2) is 7.30. The summed E-state index contributed by atoms with van der Waals surface area (Å²) in [6, 6.07) is 5.93. The molecule has 0 heterocycles. The van der Waals surface area contributed by atoms with Crippen molar-refractivity contribution < 1.29 is 9.90 Å². The standard InChI is InChI=1S/C15H19Cl2NO2/c16-13-7-4-11(10-14(13)17)2-1-3-15(20)18(8-9-19)12-5-6-12/h4,7,10,12,19H,1-3,5-6,8-9H2. The molecule has 5 heteroatoms. The Kier molecular flexibility index (Phi) is 5.70. The van der Waals surface area contributed by atoms with Crippen molar-refractivity contribution in [2.45, 2.75) is 38.1 Å². The largest absolute Gasteiger partial charge is 0.395 e. The number of hydrogen-bond donors (Lipinski definition) is 1. The van der Waals surface area contributed by atoms with Gasteiger partial charge in [-0.1, -0.05) is 29.3 Å². The van der Waals surface area contributed by atoms with Gasteiger partial charge in [0, 0.05) is 19.0 Å². The number of hydrogen-bond acceptors (Lipinski definition) is 2. The number of carbonyl (C=O) groups is 1. The summed E-state index contributed by atoms with van der Waals surface area (Å²) in [7, 11) is 0. The smallest absolute Gasteiger partial charge is 0.222 e. The molecule has 110 valence electrons. The maximum absolute atomic E-state index is 12.1. The maximum Gasteiger partial charge on any atom is 0.222 e. The lowest BCUT2D eigenvalue weighted by molar-refractivity contribution is -0.132. The lowest BCUT2D eigenvalue weighted by atomic mass is 10.1. The van der Waals surface area contributed by atoms with E-state index in [-0.39, 0.29) is 12.5 Å². The average Bonchev–Trinajstić information content (AvgIpc) is 3.24. The molecule has 1 aliphatic carbocycles. The minimum absolute atomic E-state index is 0.0367. The predicted octanol–water partition coefficient (Wildman–Crippen LogP) is 3.30. The first-order valence-electron chi connectivity index (χ1n) is 6.96. The van der Waals surface area contributed by atoms with Gasteiger partial charge in [0.05, 0.1) is 16.7 Å². The van der Waals surface area contributed by atoms with Gasteiger partial charge in [-0.2, -0.15) is 0 Å². The molecule has 3 nitrogen and oxygen atoms in total. The van der Waals surface area contributed by atoms with E-state index in [1.54, 1.807) is 6.07 Å². The molecule has 2 rings (SSSR count). The SMILES string of the molecule is O=C(CCCc1ccc(Cl)c(Cl)c1)N(CCO)C1CC1. The summed E-state index contributed by atoms with van der Waals surface area (Å²) in [5.74, 6) is 0.140. The number of benzene rings is 1. The van der Waals surface area contributed by atoms with Crippen LogP contribution in [0.3, 0.4) is 0 Å². The molecular formula is C15H19Cl2NO2. The number of halogens is 2. The third kappa shape index (κ3) is 4.37. The van der Waals surface area contributed by atoms with Crippen LogP contribution in [-0.2, 0) is 11.2 Å². The molecule has 0 bridgehead atoms. The highest BCUT2D eigenvalue weighted by Gasteiger charge is 2.31. The summed E-state index contributed by atoms with van der Waals surface area (Å²) in [5, 5.41) is 10.1. The van der Waals surface area contributed by atoms with Gasteiger partial charge < -0.3 is 10.0 Å². The van der Waals surface area contributed by atoms with Gasteiger partial charge in [-0.15, -0.1) is 0 Å². The van der Waals surface area contributed by atoms with Gasteiger partial charge in [-0.05, 0) is 43.4 Å².